The Labute approximate surface area is 140 Å². The molecular formula is C15H22F8O2. The van der Waals surface area contributed by atoms with Crippen molar-refractivity contribution in [3.8, 4) is 0 Å². The van der Waals surface area contributed by atoms with E-state index in [4.69, 9.17) is 0 Å². The van der Waals surface area contributed by atoms with Crippen LogP contribution in [0.15, 0.2) is 0 Å². The SMILES string of the molecule is CCC(C)(C)C1(F)OC(F)(F)C(F)(F)OC(F)(C(C)(C)CC)C1(F)F. The lowest BCUT2D eigenvalue weighted by Gasteiger charge is -2.50. The van der Waals surface area contributed by atoms with Crippen molar-refractivity contribution in [1.29, 1.82) is 0 Å². The van der Waals surface area contributed by atoms with Gasteiger partial charge in [0.2, 0.25) is 0 Å². The number of halogens is 8. The molecule has 0 spiro atoms. The summed E-state index contributed by atoms with van der Waals surface area (Å²) in [7, 11) is 0. The molecule has 2 atom stereocenters. The third-order valence-electron chi connectivity index (χ3n) is 5.19. The highest BCUT2D eigenvalue weighted by Crippen LogP contribution is 2.65. The summed E-state index contributed by atoms with van der Waals surface area (Å²) in [5.41, 5.74) is -4.91. The topological polar surface area (TPSA) is 18.5 Å². The Hall–Kier alpha value is -0.640. The van der Waals surface area contributed by atoms with Crippen LogP contribution in [0.25, 0.3) is 0 Å². The quantitative estimate of drug-likeness (QED) is 0.547. The first-order valence-electron chi connectivity index (χ1n) is 7.70. The van der Waals surface area contributed by atoms with Crippen molar-refractivity contribution in [3.05, 3.63) is 0 Å². The molecule has 1 rings (SSSR count). The fourth-order valence-corrected chi connectivity index (χ4v) is 2.39. The number of ether oxygens (including phenoxy) is 2. The number of hydrogen-bond acceptors (Lipinski definition) is 2. The molecule has 0 N–H and O–H groups in total. The fourth-order valence-electron chi connectivity index (χ4n) is 2.39. The van der Waals surface area contributed by atoms with E-state index in [-0.39, 0.29) is 0 Å². The molecule has 1 aliphatic rings. The van der Waals surface area contributed by atoms with Gasteiger partial charge < -0.3 is 0 Å². The number of alkyl halides is 8. The van der Waals surface area contributed by atoms with Crippen LogP contribution in [0.3, 0.4) is 0 Å². The zero-order valence-corrected chi connectivity index (χ0v) is 14.8. The minimum atomic E-state index is -5.82. The van der Waals surface area contributed by atoms with Crippen LogP contribution < -0.4 is 0 Å². The summed E-state index contributed by atoms with van der Waals surface area (Å²) in [6.07, 6.45) is -12.7. The Morgan fingerprint density at radius 1 is 0.600 bits per heavy atom. The van der Waals surface area contributed by atoms with Crippen LogP contribution in [0.2, 0.25) is 0 Å². The molecule has 1 fully saturated rings. The Balaban J connectivity index is 3.89. The van der Waals surface area contributed by atoms with Crippen LogP contribution in [-0.4, -0.2) is 29.8 Å². The van der Waals surface area contributed by atoms with Gasteiger partial charge in [0.05, 0.1) is 0 Å². The molecule has 0 radical (unpaired) electrons. The standard InChI is InChI=1S/C15H22F8O2/c1-7-9(3,4)12(18)11(16,17)13(19,10(5,6)8-2)25-15(22,23)14(20,21)24-12/h7-8H2,1-6H3. The first kappa shape index (κ1) is 22.4. The van der Waals surface area contributed by atoms with E-state index >= 15 is 8.78 Å². The summed E-state index contributed by atoms with van der Waals surface area (Å²) in [6, 6.07) is 0. The van der Waals surface area contributed by atoms with Crippen LogP contribution in [0, 0.1) is 10.8 Å². The van der Waals surface area contributed by atoms with Crippen molar-refractivity contribution in [3.63, 3.8) is 0 Å². The Morgan fingerprint density at radius 3 is 1.04 bits per heavy atom. The molecule has 2 unspecified atom stereocenters. The van der Waals surface area contributed by atoms with Crippen LogP contribution in [-0.2, 0) is 9.47 Å². The van der Waals surface area contributed by atoms with Crippen molar-refractivity contribution >= 4 is 0 Å². The average molecular weight is 386 g/mol. The van der Waals surface area contributed by atoms with E-state index in [0.717, 1.165) is 41.5 Å². The van der Waals surface area contributed by atoms with Crippen LogP contribution in [0.4, 0.5) is 35.1 Å². The number of rotatable bonds is 4. The number of hydrogen-bond donors (Lipinski definition) is 0. The lowest BCUT2D eigenvalue weighted by molar-refractivity contribution is -0.471. The van der Waals surface area contributed by atoms with Gasteiger partial charge in [-0.1, -0.05) is 41.5 Å². The summed E-state index contributed by atoms with van der Waals surface area (Å²) in [5, 5.41) is 0. The van der Waals surface area contributed by atoms with E-state index < -0.39 is 53.5 Å². The molecule has 10 heteroatoms. The van der Waals surface area contributed by atoms with Gasteiger partial charge in [0.15, 0.2) is 0 Å². The zero-order valence-electron chi connectivity index (χ0n) is 14.8. The van der Waals surface area contributed by atoms with Gasteiger partial charge in [0.25, 0.3) is 11.7 Å². The largest absolute Gasteiger partial charge is 0.451 e. The van der Waals surface area contributed by atoms with Crippen molar-refractivity contribution in [2.45, 2.75) is 84.2 Å². The predicted molar refractivity (Wildman–Crippen MR) is 72.8 cm³/mol. The molecule has 0 bridgehead atoms. The van der Waals surface area contributed by atoms with E-state index in [9.17, 15) is 26.3 Å². The summed E-state index contributed by atoms with van der Waals surface area (Å²) in [4.78, 5) is 0. The second kappa shape index (κ2) is 5.68. The first-order chi connectivity index (χ1) is 10.8. The summed E-state index contributed by atoms with van der Waals surface area (Å²) in [6.45, 7) is 5.29. The van der Waals surface area contributed by atoms with Gasteiger partial charge >= 0.3 is 18.1 Å². The molecule has 0 aliphatic carbocycles. The Bertz CT molecular complexity index is 476. The molecule has 0 saturated carbocycles. The van der Waals surface area contributed by atoms with E-state index in [1.54, 1.807) is 0 Å². The van der Waals surface area contributed by atoms with E-state index in [0.29, 0.717) is 0 Å². The molecule has 1 saturated heterocycles. The highest BCUT2D eigenvalue weighted by atomic mass is 19.3. The third-order valence-corrected chi connectivity index (χ3v) is 5.19. The molecule has 150 valence electrons. The predicted octanol–water partition coefficient (Wildman–Crippen LogP) is 6.06. The van der Waals surface area contributed by atoms with E-state index in [1.807, 2.05) is 0 Å². The summed E-state index contributed by atoms with van der Waals surface area (Å²) in [5.74, 6) is -15.0. The lowest BCUT2D eigenvalue weighted by Crippen LogP contribution is -2.69. The fraction of sp³-hybridized carbons (Fsp3) is 1.00. The van der Waals surface area contributed by atoms with Gasteiger partial charge in [0, 0.05) is 10.8 Å². The third kappa shape index (κ3) is 2.74. The molecule has 1 aliphatic heterocycles. The maximum atomic E-state index is 15.3. The first-order valence-corrected chi connectivity index (χ1v) is 7.70. The highest BCUT2D eigenvalue weighted by molar-refractivity contribution is 5.11. The second-order valence-corrected chi connectivity index (χ2v) is 7.48. The zero-order chi connectivity index (χ0) is 20.3. The molecule has 0 aromatic carbocycles. The van der Waals surface area contributed by atoms with Gasteiger partial charge in [-0.05, 0) is 12.8 Å². The second-order valence-electron chi connectivity index (χ2n) is 7.48. The smallest absolute Gasteiger partial charge is 0.269 e. The van der Waals surface area contributed by atoms with Gasteiger partial charge in [-0.15, -0.1) is 0 Å². The van der Waals surface area contributed by atoms with E-state index in [1.165, 1.54) is 0 Å². The monoisotopic (exact) mass is 386 g/mol. The summed E-state index contributed by atoms with van der Waals surface area (Å²) >= 11 is 0. The average Bonchev–Trinajstić information content (AvgIpc) is 2.47. The van der Waals surface area contributed by atoms with Crippen molar-refractivity contribution in [2.24, 2.45) is 10.8 Å². The molecule has 25 heavy (non-hydrogen) atoms. The van der Waals surface area contributed by atoms with Crippen LogP contribution in [0.5, 0.6) is 0 Å². The van der Waals surface area contributed by atoms with Gasteiger partial charge in [-0.2, -0.15) is 26.3 Å². The van der Waals surface area contributed by atoms with Crippen LogP contribution >= 0.6 is 0 Å². The van der Waals surface area contributed by atoms with Gasteiger partial charge in [0.1, 0.15) is 0 Å². The van der Waals surface area contributed by atoms with E-state index in [2.05, 4.69) is 9.47 Å². The maximum Gasteiger partial charge on any atom is 0.451 e. The Kier molecular flexibility index (Phi) is 5.09. The van der Waals surface area contributed by atoms with Gasteiger partial charge in [-0.3, -0.25) is 9.47 Å². The minimum absolute atomic E-state index is 0.538. The molecule has 1 heterocycles. The molecular weight excluding hydrogens is 364 g/mol. The van der Waals surface area contributed by atoms with Crippen molar-refractivity contribution in [1.82, 2.24) is 0 Å². The molecule has 0 aromatic heterocycles. The maximum absolute atomic E-state index is 15.3. The van der Waals surface area contributed by atoms with Gasteiger partial charge in [-0.25, -0.2) is 8.78 Å². The highest BCUT2D eigenvalue weighted by Gasteiger charge is 2.86. The van der Waals surface area contributed by atoms with Crippen molar-refractivity contribution < 1.29 is 44.6 Å². The molecule has 2 nitrogen and oxygen atoms in total. The lowest BCUT2D eigenvalue weighted by atomic mass is 9.70. The molecule has 0 aromatic rings. The van der Waals surface area contributed by atoms with Crippen LogP contribution in [0.1, 0.15) is 54.4 Å². The normalized spacial score (nSPS) is 35.3. The Morgan fingerprint density at radius 2 is 0.840 bits per heavy atom. The molecule has 0 amide bonds. The van der Waals surface area contributed by atoms with Crippen molar-refractivity contribution in [2.75, 3.05) is 0 Å². The minimum Gasteiger partial charge on any atom is -0.269 e. The summed E-state index contributed by atoms with van der Waals surface area (Å²) < 4.78 is 122.